The molecule has 1 N–H and O–H groups in total. The minimum absolute atomic E-state index is 0.545. The van der Waals surface area contributed by atoms with Crippen LogP contribution in [0.1, 0.15) is 33.1 Å². The van der Waals surface area contributed by atoms with Crippen LogP contribution in [0.5, 0.6) is 0 Å². The zero-order valence-electron chi connectivity index (χ0n) is 10.1. The van der Waals surface area contributed by atoms with Crippen molar-refractivity contribution in [2.75, 3.05) is 32.7 Å². The van der Waals surface area contributed by atoms with Gasteiger partial charge in [-0.05, 0) is 33.2 Å². The first-order valence-electron chi connectivity index (χ1n) is 6.23. The predicted octanol–water partition coefficient (Wildman–Crippen LogP) is 0.927. The summed E-state index contributed by atoms with van der Waals surface area (Å²) in [6, 6.07) is 0.759. The smallest absolute Gasteiger partial charge is 0.0718 e. The number of aliphatic hydroxyl groups is 1. The molecule has 1 unspecified atom stereocenters. The third kappa shape index (κ3) is 3.16. The maximum atomic E-state index is 9.81. The van der Waals surface area contributed by atoms with Crippen LogP contribution < -0.4 is 0 Å². The molecule has 0 spiro atoms. The Morgan fingerprint density at radius 1 is 1.20 bits per heavy atom. The molecule has 2 heterocycles. The SMILES string of the molecule is CC(C)(O)CN1CCN2CCCCC2C1. The summed E-state index contributed by atoms with van der Waals surface area (Å²) in [5.41, 5.74) is -0.545. The molecule has 1 atom stereocenters. The molecule has 0 aliphatic carbocycles. The van der Waals surface area contributed by atoms with E-state index in [9.17, 15) is 5.11 Å². The highest BCUT2D eigenvalue weighted by molar-refractivity contribution is 4.86. The van der Waals surface area contributed by atoms with Gasteiger partial charge in [-0.25, -0.2) is 0 Å². The Labute approximate surface area is 93.1 Å². The number of piperidine rings is 1. The number of hydrogen-bond donors (Lipinski definition) is 1. The largest absolute Gasteiger partial charge is 0.389 e. The van der Waals surface area contributed by atoms with Crippen LogP contribution in [0.15, 0.2) is 0 Å². The van der Waals surface area contributed by atoms with E-state index < -0.39 is 5.60 Å². The third-order valence-corrected chi connectivity index (χ3v) is 3.53. The predicted molar refractivity (Wildman–Crippen MR) is 61.9 cm³/mol. The quantitative estimate of drug-likeness (QED) is 0.737. The first-order valence-corrected chi connectivity index (χ1v) is 6.23. The normalized spacial score (nSPS) is 30.2. The van der Waals surface area contributed by atoms with E-state index in [0.717, 1.165) is 25.7 Å². The molecule has 2 fully saturated rings. The summed E-state index contributed by atoms with van der Waals surface area (Å²) in [5, 5.41) is 9.81. The van der Waals surface area contributed by atoms with E-state index in [1.54, 1.807) is 0 Å². The van der Waals surface area contributed by atoms with Crippen molar-refractivity contribution in [1.29, 1.82) is 0 Å². The molecule has 0 radical (unpaired) electrons. The van der Waals surface area contributed by atoms with Crippen molar-refractivity contribution >= 4 is 0 Å². The van der Waals surface area contributed by atoms with Crippen LogP contribution in [-0.2, 0) is 0 Å². The molecule has 2 rings (SSSR count). The van der Waals surface area contributed by atoms with Crippen LogP contribution in [-0.4, -0.2) is 59.3 Å². The molecule has 0 amide bonds. The first-order chi connectivity index (χ1) is 7.04. The van der Waals surface area contributed by atoms with Gasteiger partial charge in [0.25, 0.3) is 0 Å². The van der Waals surface area contributed by atoms with Gasteiger partial charge < -0.3 is 5.11 Å². The summed E-state index contributed by atoms with van der Waals surface area (Å²) in [6.07, 6.45) is 4.11. The summed E-state index contributed by atoms with van der Waals surface area (Å²) in [5.74, 6) is 0. The minimum Gasteiger partial charge on any atom is -0.389 e. The van der Waals surface area contributed by atoms with Gasteiger partial charge in [0.2, 0.25) is 0 Å². The Balaban J connectivity index is 1.85. The lowest BCUT2D eigenvalue weighted by Gasteiger charge is -2.45. The number of nitrogens with zero attached hydrogens (tertiary/aromatic N) is 2. The Morgan fingerprint density at radius 2 is 2.00 bits per heavy atom. The van der Waals surface area contributed by atoms with E-state index in [1.165, 1.54) is 32.4 Å². The summed E-state index contributed by atoms with van der Waals surface area (Å²) in [4.78, 5) is 5.05. The van der Waals surface area contributed by atoms with Crippen molar-refractivity contribution in [2.45, 2.75) is 44.8 Å². The number of piperazine rings is 1. The van der Waals surface area contributed by atoms with Crippen LogP contribution in [0.4, 0.5) is 0 Å². The van der Waals surface area contributed by atoms with Crippen molar-refractivity contribution in [1.82, 2.24) is 9.80 Å². The molecular weight excluding hydrogens is 188 g/mol. The molecular formula is C12H24N2O. The molecule has 0 bridgehead atoms. The maximum Gasteiger partial charge on any atom is 0.0718 e. The summed E-state index contributed by atoms with van der Waals surface area (Å²) >= 11 is 0. The van der Waals surface area contributed by atoms with Crippen LogP contribution in [0.2, 0.25) is 0 Å². The second kappa shape index (κ2) is 4.40. The monoisotopic (exact) mass is 212 g/mol. The van der Waals surface area contributed by atoms with Crippen LogP contribution in [0, 0.1) is 0 Å². The molecule has 0 saturated carbocycles. The van der Waals surface area contributed by atoms with Crippen molar-refractivity contribution in [2.24, 2.45) is 0 Å². The van der Waals surface area contributed by atoms with Gasteiger partial charge in [-0.15, -0.1) is 0 Å². The van der Waals surface area contributed by atoms with Gasteiger partial charge in [0.1, 0.15) is 0 Å². The van der Waals surface area contributed by atoms with E-state index in [0.29, 0.717) is 0 Å². The maximum absolute atomic E-state index is 9.81. The number of fused-ring (bicyclic) bond motifs is 1. The van der Waals surface area contributed by atoms with Crippen LogP contribution >= 0.6 is 0 Å². The molecule has 3 nitrogen and oxygen atoms in total. The Kier molecular flexibility index (Phi) is 3.33. The average molecular weight is 212 g/mol. The Morgan fingerprint density at radius 3 is 2.73 bits per heavy atom. The zero-order valence-corrected chi connectivity index (χ0v) is 10.1. The fraction of sp³-hybridized carbons (Fsp3) is 1.00. The lowest BCUT2D eigenvalue weighted by Crippen LogP contribution is -2.56. The van der Waals surface area contributed by atoms with E-state index >= 15 is 0 Å². The molecule has 2 aliphatic rings. The molecule has 0 aromatic heterocycles. The van der Waals surface area contributed by atoms with Gasteiger partial charge in [-0.3, -0.25) is 9.80 Å². The van der Waals surface area contributed by atoms with Gasteiger partial charge in [0.15, 0.2) is 0 Å². The molecule has 2 saturated heterocycles. The minimum atomic E-state index is -0.545. The molecule has 0 aromatic carbocycles. The summed E-state index contributed by atoms with van der Waals surface area (Å²) in [6.45, 7) is 9.39. The third-order valence-electron chi connectivity index (χ3n) is 3.53. The molecule has 3 heteroatoms. The highest BCUT2D eigenvalue weighted by atomic mass is 16.3. The fourth-order valence-corrected chi connectivity index (χ4v) is 2.91. The van der Waals surface area contributed by atoms with E-state index in [4.69, 9.17) is 0 Å². The lowest BCUT2D eigenvalue weighted by atomic mass is 9.98. The van der Waals surface area contributed by atoms with Crippen LogP contribution in [0.3, 0.4) is 0 Å². The van der Waals surface area contributed by atoms with Crippen molar-refractivity contribution in [3.05, 3.63) is 0 Å². The molecule has 0 aromatic rings. The fourth-order valence-electron chi connectivity index (χ4n) is 2.91. The van der Waals surface area contributed by atoms with Crippen molar-refractivity contribution in [3.63, 3.8) is 0 Å². The van der Waals surface area contributed by atoms with Crippen molar-refractivity contribution in [3.8, 4) is 0 Å². The summed E-state index contributed by atoms with van der Waals surface area (Å²) in [7, 11) is 0. The Bertz CT molecular complexity index is 212. The molecule has 2 aliphatic heterocycles. The van der Waals surface area contributed by atoms with Gasteiger partial charge in [-0.2, -0.15) is 0 Å². The summed E-state index contributed by atoms with van der Waals surface area (Å²) < 4.78 is 0. The topological polar surface area (TPSA) is 26.7 Å². The first kappa shape index (κ1) is 11.4. The number of rotatable bonds is 2. The number of hydrogen-bond acceptors (Lipinski definition) is 3. The average Bonchev–Trinajstić information content (AvgIpc) is 2.15. The molecule has 88 valence electrons. The van der Waals surface area contributed by atoms with Crippen LogP contribution in [0.25, 0.3) is 0 Å². The second-order valence-electron chi connectivity index (χ2n) is 5.73. The van der Waals surface area contributed by atoms with E-state index in [-0.39, 0.29) is 0 Å². The van der Waals surface area contributed by atoms with Gasteiger partial charge in [-0.1, -0.05) is 6.42 Å². The number of β-amino-alcohol motifs (C(OH)–C–C–N with tert-alkyl or cyclic N) is 1. The zero-order chi connectivity index (χ0) is 10.9. The highest BCUT2D eigenvalue weighted by Gasteiger charge is 2.30. The lowest BCUT2D eigenvalue weighted by molar-refractivity contribution is -0.00792. The van der Waals surface area contributed by atoms with E-state index in [2.05, 4.69) is 9.80 Å². The van der Waals surface area contributed by atoms with Gasteiger partial charge in [0, 0.05) is 32.2 Å². The van der Waals surface area contributed by atoms with Crippen molar-refractivity contribution < 1.29 is 5.11 Å². The highest BCUT2D eigenvalue weighted by Crippen LogP contribution is 2.21. The van der Waals surface area contributed by atoms with E-state index in [1.807, 2.05) is 13.8 Å². The second-order valence-corrected chi connectivity index (χ2v) is 5.73. The standard InChI is InChI=1S/C12H24N2O/c1-12(2,15)10-13-7-8-14-6-4-3-5-11(14)9-13/h11,15H,3-10H2,1-2H3. The molecule has 15 heavy (non-hydrogen) atoms. The Hall–Kier alpha value is -0.120. The van der Waals surface area contributed by atoms with Gasteiger partial charge >= 0.3 is 0 Å². The van der Waals surface area contributed by atoms with Gasteiger partial charge in [0.05, 0.1) is 5.60 Å².